The van der Waals surface area contributed by atoms with E-state index in [1.807, 2.05) is 0 Å². The number of carbonyl (C=O) groups excluding carboxylic acids is 1. The summed E-state index contributed by atoms with van der Waals surface area (Å²) in [7, 11) is 1.56. The fourth-order valence-electron chi connectivity index (χ4n) is 1.26. The van der Waals surface area contributed by atoms with Gasteiger partial charge in [-0.2, -0.15) is 0 Å². The number of carbonyl (C=O) groups is 1. The van der Waals surface area contributed by atoms with Crippen molar-refractivity contribution < 1.29 is 9.53 Å². The van der Waals surface area contributed by atoms with Crippen molar-refractivity contribution in [2.24, 2.45) is 5.73 Å². The van der Waals surface area contributed by atoms with E-state index in [4.69, 9.17) is 22.1 Å². The molecule has 1 rings (SSSR count). The van der Waals surface area contributed by atoms with Crippen molar-refractivity contribution in [2.45, 2.75) is 6.42 Å². The maximum Gasteiger partial charge on any atom is 0.257 e. The van der Waals surface area contributed by atoms with Crippen LogP contribution in [0.3, 0.4) is 0 Å². The minimum absolute atomic E-state index is 0.00426. The van der Waals surface area contributed by atoms with Crippen LogP contribution in [0.1, 0.15) is 5.56 Å². The average Bonchev–Trinajstić information content (AvgIpc) is 2.28. The van der Waals surface area contributed by atoms with Crippen molar-refractivity contribution in [3.8, 4) is 5.75 Å². The normalized spacial score (nSPS) is 9.94. The fourth-order valence-corrected chi connectivity index (χ4v) is 1.45. The average molecular weight is 243 g/mol. The van der Waals surface area contributed by atoms with Gasteiger partial charge in [0, 0.05) is 12.1 Å². The van der Waals surface area contributed by atoms with Gasteiger partial charge in [0.15, 0.2) is 6.61 Å². The van der Waals surface area contributed by atoms with Crippen LogP contribution >= 0.6 is 11.6 Å². The number of rotatable bonds is 5. The van der Waals surface area contributed by atoms with Crippen LogP contribution in [-0.4, -0.2) is 26.1 Å². The van der Waals surface area contributed by atoms with Crippen molar-refractivity contribution in [2.75, 3.05) is 20.2 Å². The number of nitrogens with one attached hydrogen (secondary N) is 1. The van der Waals surface area contributed by atoms with E-state index in [0.717, 1.165) is 5.56 Å². The van der Waals surface area contributed by atoms with Gasteiger partial charge in [-0.05, 0) is 36.7 Å². The van der Waals surface area contributed by atoms with Crippen molar-refractivity contribution in [1.82, 2.24) is 5.32 Å². The summed E-state index contributed by atoms with van der Waals surface area (Å²) in [6.07, 6.45) is 0.670. The summed E-state index contributed by atoms with van der Waals surface area (Å²) in [6.45, 7) is 0.506. The molecule has 5 heteroatoms. The quantitative estimate of drug-likeness (QED) is 0.809. The van der Waals surface area contributed by atoms with Crippen LogP contribution in [0.5, 0.6) is 5.75 Å². The molecule has 0 spiro atoms. The van der Waals surface area contributed by atoms with E-state index in [2.05, 4.69) is 5.32 Å². The molecule has 0 aliphatic carbocycles. The van der Waals surface area contributed by atoms with Gasteiger partial charge in [0.25, 0.3) is 5.91 Å². The van der Waals surface area contributed by atoms with Crippen LogP contribution < -0.4 is 15.8 Å². The molecule has 0 heterocycles. The lowest BCUT2D eigenvalue weighted by Crippen LogP contribution is -2.25. The number of likely N-dealkylation sites (N-methyl/N-ethyl adjacent to an activating group) is 1. The highest BCUT2D eigenvalue weighted by atomic mass is 35.5. The molecule has 1 aromatic rings. The highest BCUT2D eigenvalue weighted by Gasteiger charge is 2.06. The zero-order valence-electron chi connectivity index (χ0n) is 9.13. The number of halogens is 1. The number of hydrogen-bond acceptors (Lipinski definition) is 3. The van der Waals surface area contributed by atoms with Gasteiger partial charge in [-0.1, -0.05) is 11.6 Å². The van der Waals surface area contributed by atoms with Crippen molar-refractivity contribution >= 4 is 17.5 Å². The zero-order valence-corrected chi connectivity index (χ0v) is 9.88. The topological polar surface area (TPSA) is 64.3 Å². The molecular formula is C11H15ClN2O2. The van der Waals surface area contributed by atoms with Crippen molar-refractivity contribution in [3.05, 3.63) is 28.8 Å². The lowest BCUT2D eigenvalue weighted by molar-refractivity contribution is -0.122. The Bertz CT molecular complexity index is 369. The lowest BCUT2D eigenvalue weighted by atomic mass is 10.1. The first-order valence-electron chi connectivity index (χ1n) is 4.99. The van der Waals surface area contributed by atoms with Gasteiger partial charge >= 0.3 is 0 Å². The number of benzene rings is 1. The van der Waals surface area contributed by atoms with Crippen molar-refractivity contribution in [1.29, 1.82) is 0 Å². The predicted molar refractivity (Wildman–Crippen MR) is 63.8 cm³/mol. The first-order valence-corrected chi connectivity index (χ1v) is 5.37. The molecule has 3 N–H and O–H groups in total. The molecule has 1 aromatic carbocycles. The third-order valence-corrected chi connectivity index (χ3v) is 2.31. The number of hydrogen-bond donors (Lipinski definition) is 2. The van der Waals surface area contributed by atoms with Gasteiger partial charge < -0.3 is 15.8 Å². The molecule has 0 atom stereocenters. The van der Waals surface area contributed by atoms with E-state index in [0.29, 0.717) is 23.7 Å². The van der Waals surface area contributed by atoms with E-state index in [9.17, 15) is 4.79 Å². The third-order valence-electron chi connectivity index (χ3n) is 2.07. The van der Waals surface area contributed by atoms with Crippen LogP contribution in [0.25, 0.3) is 0 Å². The molecule has 0 aliphatic heterocycles. The lowest BCUT2D eigenvalue weighted by Gasteiger charge is -2.10. The highest BCUT2D eigenvalue weighted by Crippen LogP contribution is 2.23. The van der Waals surface area contributed by atoms with Gasteiger partial charge in [0.05, 0.1) is 0 Å². The molecule has 4 nitrogen and oxygen atoms in total. The monoisotopic (exact) mass is 242 g/mol. The molecule has 0 bridgehead atoms. The van der Waals surface area contributed by atoms with Gasteiger partial charge in [0.1, 0.15) is 5.75 Å². The SMILES string of the molecule is CNC(=O)COc1ccc(Cl)cc1CCN. The number of nitrogens with two attached hydrogens (primary N) is 1. The summed E-state index contributed by atoms with van der Waals surface area (Å²) < 4.78 is 5.37. The number of amides is 1. The molecular weight excluding hydrogens is 228 g/mol. The summed E-state index contributed by atoms with van der Waals surface area (Å²) >= 11 is 5.87. The Morgan fingerprint density at radius 2 is 2.31 bits per heavy atom. The summed E-state index contributed by atoms with van der Waals surface area (Å²) in [5.41, 5.74) is 6.40. The summed E-state index contributed by atoms with van der Waals surface area (Å²) in [6, 6.07) is 5.27. The first kappa shape index (κ1) is 12.8. The molecule has 88 valence electrons. The van der Waals surface area contributed by atoms with E-state index < -0.39 is 0 Å². The third kappa shape index (κ3) is 3.72. The van der Waals surface area contributed by atoms with Crippen LogP contribution in [0, 0.1) is 0 Å². The Morgan fingerprint density at radius 1 is 1.56 bits per heavy atom. The van der Waals surface area contributed by atoms with E-state index in [1.54, 1.807) is 25.2 Å². The Labute approximate surface area is 99.7 Å². The smallest absolute Gasteiger partial charge is 0.257 e. The maximum absolute atomic E-state index is 11.0. The standard InChI is InChI=1S/C11H15ClN2O2/c1-14-11(15)7-16-10-3-2-9(12)6-8(10)4-5-13/h2-3,6H,4-5,7,13H2,1H3,(H,14,15). The minimum Gasteiger partial charge on any atom is -0.483 e. The van der Waals surface area contributed by atoms with E-state index in [-0.39, 0.29) is 12.5 Å². The van der Waals surface area contributed by atoms with Gasteiger partial charge in [-0.25, -0.2) is 0 Å². The molecule has 0 fully saturated rings. The second-order valence-corrected chi connectivity index (χ2v) is 3.69. The fraction of sp³-hybridized carbons (Fsp3) is 0.364. The molecule has 0 unspecified atom stereocenters. The first-order chi connectivity index (χ1) is 7.67. The van der Waals surface area contributed by atoms with Crippen molar-refractivity contribution in [3.63, 3.8) is 0 Å². The number of ether oxygens (including phenoxy) is 1. The van der Waals surface area contributed by atoms with Gasteiger partial charge in [-0.15, -0.1) is 0 Å². The molecule has 16 heavy (non-hydrogen) atoms. The molecule has 0 saturated heterocycles. The maximum atomic E-state index is 11.0. The second-order valence-electron chi connectivity index (χ2n) is 3.25. The predicted octanol–water partition coefficient (Wildman–Crippen LogP) is 0.966. The Balaban J connectivity index is 2.73. The largest absolute Gasteiger partial charge is 0.483 e. The van der Waals surface area contributed by atoms with E-state index >= 15 is 0 Å². The Hall–Kier alpha value is -1.26. The summed E-state index contributed by atoms with van der Waals surface area (Å²) in [5, 5.41) is 3.12. The summed E-state index contributed by atoms with van der Waals surface area (Å²) in [4.78, 5) is 11.0. The molecule has 0 radical (unpaired) electrons. The minimum atomic E-state index is -0.173. The molecule has 1 amide bonds. The van der Waals surface area contributed by atoms with Crippen LogP contribution in [-0.2, 0) is 11.2 Å². The Kier molecular flexibility index (Phi) is 5.08. The van der Waals surface area contributed by atoms with Gasteiger partial charge in [0.2, 0.25) is 0 Å². The van der Waals surface area contributed by atoms with Crippen LogP contribution in [0.4, 0.5) is 0 Å². The molecule has 0 aliphatic rings. The van der Waals surface area contributed by atoms with Gasteiger partial charge in [-0.3, -0.25) is 4.79 Å². The molecule has 0 saturated carbocycles. The van der Waals surface area contributed by atoms with Crippen LogP contribution in [0.15, 0.2) is 18.2 Å². The van der Waals surface area contributed by atoms with Crippen LogP contribution in [0.2, 0.25) is 5.02 Å². The summed E-state index contributed by atoms with van der Waals surface area (Å²) in [5.74, 6) is 0.479. The Morgan fingerprint density at radius 3 is 2.94 bits per heavy atom. The van der Waals surface area contributed by atoms with E-state index in [1.165, 1.54) is 0 Å². The molecule has 0 aromatic heterocycles. The zero-order chi connectivity index (χ0) is 12.0. The second kappa shape index (κ2) is 6.35. The highest BCUT2D eigenvalue weighted by molar-refractivity contribution is 6.30.